The molecule has 3 rings (SSSR count). The first kappa shape index (κ1) is 19.2. The third-order valence-electron chi connectivity index (χ3n) is 5.34. The highest BCUT2D eigenvalue weighted by atomic mass is 16.3. The fourth-order valence-electron chi connectivity index (χ4n) is 3.73. The molecule has 7 heteroatoms. The summed E-state index contributed by atoms with van der Waals surface area (Å²) in [6.07, 6.45) is 8.77. The topological polar surface area (TPSA) is 108 Å². The number of nitriles is 1. The van der Waals surface area contributed by atoms with E-state index >= 15 is 0 Å². The molecule has 0 bridgehead atoms. The first-order chi connectivity index (χ1) is 13.0. The largest absolute Gasteiger partial charge is 0.393 e. The molecule has 0 aromatic carbocycles. The molecule has 7 nitrogen and oxygen atoms in total. The summed E-state index contributed by atoms with van der Waals surface area (Å²) in [6, 6.07) is 4.09. The highest BCUT2D eigenvalue weighted by Crippen LogP contribution is 2.40. The number of hydrogen-bond donors (Lipinski definition) is 2. The van der Waals surface area contributed by atoms with Crippen molar-refractivity contribution >= 4 is 5.95 Å². The van der Waals surface area contributed by atoms with Gasteiger partial charge in [0, 0.05) is 24.9 Å². The first-order valence-corrected chi connectivity index (χ1v) is 9.41. The van der Waals surface area contributed by atoms with E-state index in [2.05, 4.69) is 45.2 Å². The van der Waals surface area contributed by atoms with Gasteiger partial charge in [-0.25, -0.2) is 19.9 Å². The maximum absolute atomic E-state index is 10.2. The normalized spacial score (nSPS) is 21.4. The number of nitrogens with one attached hydrogen (secondary N) is 1. The summed E-state index contributed by atoms with van der Waals surface area (Å²) in [5.41, 5.74) is 2.17. The van der Waals surface area contributed by atoms with Gasteiger partial charge in [-0.2, -0.15) is 5.26 Å². The Bertz CT molecular complexity index is 802. The molecule has 0 saturated heterocycles. The van der Waals surface area contributed by atoms with Gasteiger partial charge in [0.1, 0.15) is 12.4 Å². The lowest BCUT2D eigenvalue weighted by molar-refractivity contribution is -0.00748. The van der Waals surface area contributed by atoms with Crippen LogP contribution in [0.4, 0.5) is 5.95 Å². The SMILES string of the molecule is CC1(C)C[C@H](Cc2nc(NCCc3ccncn3)ncc2C#N)CC[C@@H]1O. The van der Waals surface area contributed by atoms with Gasteiger partial charge in [-0.15, -0.1) is 0 Å². The van der Waals surface area contributed by atoms with Crippen LogP contribution < -0.4 is 5.32 Å². The minimum atomic E-state index is -0.256. The van der Waals surface area contributed by atoms with Gasteiger partial charge in [0.15, 0.2) is 0 Å². The van der Waals surface area contributed by atoms with Gasteiger partial charge in [-0.05, 0) is 43.1 Å². The highest BCUT2D eigenvalue weighted by molar-refractivity contribution is 5.37. The second kappa shape index (κ2) is 8.40. The van der Waals surface area contributed by atoms with E-state index in [1.165, 1.54) is 6.33 Å². The van der Waals surface area contributed by atoms with Crippen LogP contribution in [0.2, 0.25) is 0 Å². The van der Waals surface area contributed by atoms with Gasteiger partial charge >= 0.3 is 0 Å². The van der Waals surface area contributed by atoms with Gasteiger partial charge in [0.25, 0.3) is 0 Å². The van der Waals surface area contributed by atoms with Crippen LogP contribution in [0.15, 0.2) is 24.8 Å². The van der Waals surface area contributed by atoms with Crippen molar-refractivity contribution in [1.82, 2.24) is 19.9 Å². The molecule has 1 saturated carbocycles. The Morgan fingerprint density at radius 3 is 2.89 bits per heavy atom. The zero-order valence-corrected chi connectivity index (χ0v) is 15.9. The van der Waals surface area contributed by atoms with Crippen LogP contribution in [0.1, 0.15) is 50.1 Å². The second-order valence-electron chi connectivity index (χ2n) is 7.90. The Morgan fingerprint density at radius 1 is 1.33 bits per heavy atom. The smallest absolute Gasteiger partial charge is 0.222 e. The number of aromatic nitrogens is 4. The molecule has 2 heterocycles. The Kier molecular flexibility index (Phi) is 5.97. The number of anilines is 1. The van der Waals surface area contributed by atoms with E-state index in [1.54, 1.807) is 12.4 Å². The molecule has 0 radical (unpaired) electrons. The van der Waals surface area contributed by atoms with E-state index in [0.29, 0.717) is 24.0 Å². The maximum atomic E-state index is 10.2. The molecule has 1 fully saturated rings. The van der Waals surface area contributed by atoms with Crippen molar-refractivity contribution in [2.75, 3.05) is 11.9 Å². The Hall–Kier alpha value is -2.59. The zero-order valence-electron chi connectivity index (χ0n) is 15.9. The Labute approximate surface area is 159 Å². The van der Waals surface area contributed by atoms with Crippen LogP contribution in [-0.4, -0.2) is 37.7 Å². The van der Waals surface area contributed by atoms with E-state index < -0.39 is 0 Å². The highest BCUT2D eigenvalue weighted by Gasteiger charge is 2.35. The van der Waals surface area contributed by atoms with Crippen molar-refractivity contribution in [2.45, 2.75) is 52.1 Å². The van der Waals surface area contributed by atoms with Crippen LogP contribution in [0.3, 0.4) is 0 Å². The number of aliphatic hydroxyl groups is 1. The van der Waals surface area contributed by atoms with Gasteiger partial charge in [-0.3, -0.25) is 0 Å². The molecule has 0 amide bonds. The van der Waals surface area contributed by atoms with Crippen LogP contribution >= 0.6 is 0 Å². The zero-order chi connectivity index (χ0) is 19.3. The molecule has 2 aromatic heterocycles. The molecule has 2 aromatic rings. The minimum Gasteiger partial charge on any atom is -0.393 e. The molecule has 1 aliphatic carbocycles. The van der Waals surface area contributed by atoms with Gasteiger partial charge in [0.2, 0.25) is 5.95 Å². The molecule has 2 atom stereocenters. The van der Waals surface area contributed by atoms with Gasteiger partial charge < -0.3 is 10.4 Å². The lowest BCUT2D eigenvalue weighted by Crippen LogP contribution is -2.37. The predicted molar refractivity (Wildman–Crippen MR) is 102 cm³/mol. The van der Waals surface area contributed by atoms with Gasteiger partial charge in [-0.1, -0.05) is 13.8 Å². The minimum absolute atomic E-state index is 0.0959. The van der Waals surface area contributed by atoms with Crippen LogP contribution in [-0.2, 0) is 12.8 Å². The molecule has 0 unspecified atom stereocenters. The van der Waals surface area contributed by atoms with E-state index in [9.17, 15) is 10.4 Å². The monoisotopic (exact) mass is 366 g/mol. The summed E-state index contributed by atoms with van der Waals surface area (Å²) in [5, 5.41) is 22.8. The predicted octanol–water partition coefficient (Wildman–Crippen LogP) is 2.52. The average molecular weight is 366 g/mol. The second-order valence-corrected chi connectivity index (χ2v) is 7.90. The summed E-state index contributed by atoms with van der Waals surface area (Å²) in [6.45, 7) is 4.87. The number of rotatable bonds is 6. The van der Waals surface area contributed by atoms with E-state index in [-0.39, 0.29) is 11.5 Å². The van der Waals surface area contributed by atoms with Crippen molar-refractivity contribution in [2.24, 2.45) is 11.3 Å². The van der Waals surface area contributed by atoms with Crippen molar-refractivity contribution < 1.29 is 5.11 Å². The Morgan fingerprint density at radius 2 is 2.19 bits per heavy atom. The first-order valence-electron chi connectivity index (χ1n) is 9.41. The van der Waals surface area contributed by atoms with E-state index in [4.69, 9.17) is 0 Å². The van der Waals surface area contributed by atoms with Crippen molar-refractivity contribution in [3.8, 4) is 6.07 Å². The number of nitrogens with zero attached hydrogens (tertiary/aromatic N) is 5. The van der Waals surface area contributed by atoms with Gasteiger partial charge in [0.05, 0.1) is 23.6 Å². The third-order valence-corrected chi connectivity index (χ3v) is 5.34. The summed E-state index contributed by atoms with van der Waals surface area (Å²) < 4.78 is 0. The fraction of sp³-hybridized carbons (Fsp3) is 0.550. The van der Waals surface area contributed by atoms with E-state index in [0.717, 1.165) is 43.5 Å². The van der Waals surface area contributed by atoms with Crippen LogP contribution in [0.25, 0.3) is 0 Å². The number of aliphatic hydroxyl groups excluding tert-OH is 1. The van der Waals surface area contributed by atoms with Crippen LogP contribution in [0.5, 0.6) is 0 Å². The quantitative estimate of drug-likeness (QED) is 0.809. The average Bonchev–Trinajstić information content (AvgIpc) is 2.66. The Balaban J connectivity index is 1.64. The molecular formula is C20H26N6O. The maximum Gasteiger partial charge on any atom is 0.222 e. The van der Waals surface area contributed by atoms with Crippen molar-refractivity contribution in [3.63, 3.8) is 0 Å². The summed E-state index contributed by atoms with van der Waals surface area (Å²) in [4.78, 5) is 17.0. The van der Waals surface area contributed by atoms with Crippen molar-refractivity contribution in [1.29, 1.82) is 5.26 Å². The fourth-order valence-corrected chi connectivity index (χ4v) is 3.73. The molecule has 0 spiro atoms. The van der Waals surface area contributed by atoms with Crippen LogP contribution in [0, 0.1) is 22.7 Å². The molecule has 2 N–H and O–H groups in total. The molecule has 0 aliphatic heterocycles. The summed E-state index contributed by atoms with van der Waals surface area (Å²) in [7, 11) is 0. The van der Waals surface area contributed by atoms with E-state index in [1.807, 2.05) is 6.07 Å². The lowest BCUT2D eigenvalue weighted by atomic mass is 9.69. The lowest BCUT2D eigenvalue weighted by Gasteiger charge is -2.39. The molecule has 27 heavy (non-hydrogen) atoms. The molecular weight excluding hydrogens is 340 g/mol. The van der Waals surface area contributed by atoms with Crippen molar-refractivity contribution in [3.05, 3.63) is 41.7 Å². The molecule has 142 valence electrons. The summed E-state index contributed by atoms with van der Waals surface area (Å²) in [5.74, 6) is 0.951. The molecule has 1 aliphatic rings. The summed E-state index contributed by atoms with van der Waals surface area (Å²) >= 11 is 0. The standard InChI is InChI=1S/C20H26N6O/c1-20(2)10-14(3-4-18(20)27)9-17-15(11-21)12-24-19(26-17)23-8-6-16-5-7-22-13-25-16/h5,7,12-14,18,27H,3-4,6,8-10H2,1-2H3,(H,23,24,26)/t14-,18-/m0/s1. The third kappa shape index (κ3) is 4.98. The number of hydrogen-bond acceptors (Lipinski definition) is 7.